The lowest BCUT2D eigenvalue weighted by Crippen LogP contribution is -2.60. The first-order chi connectivity index (χ1) is 6.39. The predicted molar refractivity (Wildman–Crippen MR) is 36.0 cm³/mol. The standard InChI is InChI=1S/C7H8F8/c1-3(8)5(10,11)7(14,15)6(12,13)4(2)9/h3-4H,1-2H3. The zero-order chi connectivity index (χ0) is 12.7. The Morgan fingerprint density at radius 3 is 1.00 bits per heavy atom. The number of halogens is 8. The number of hydrogen-bond acceptors (Lipinski definition) is 0. The molecule has 92 valence electrons. The van der Waals surface area contributed by atoms with Crippen LogP contribution in [0.15, 0.2) is 0 Å². The molecule has 8 heteroatoms. The first kappa shape index (κ1) is 14.4. The van der Waals surface area contributed by atoms with Crippen LogP contribution in [0.3, 0.4) is 0 Å². The van der Waals surface area contributed by atoms with Gasteiger partial charge in [-0.25, -0.2) is 8.78 Å². The van der Waals surface area contributed by atoms with Gasteiger partial charge < -0.3 is 0 Å². The van der Waals surface area contributed by atoms with Crippen LogP contribution in [0.2, 0.25) is 0 Å². The van der Waals surface area contributed by atoms with E-state index in [1.54, 1.807) is 0 Å². The quantitative estimate of drug-likeness (QED) is 0.662. The van der Waals surface area contributed by atoms with Crippen LogP contribution < -0.4 is 0 Å². The summed E-state index contributed by atoms with van der Waals surface area (Å²) in [7, 11) is 0. The van der Waals surface area contributed by atoms with E-state index in [0.29, 0.717) is 0 Å². The third-order valence-corrected chi connectivity index (χ3v) is 1.84. The van der Waals surface area contributed by atoms with Gasteiger partial charge in [0.25, 0.3) is 0 Å². The molecule has 2 unspecified atom stereocenters. The van der Waals surface area contributed by atoms with E-state index in [4.69, 9.17) is 0 Å². The highest BCUT2D eigenvalue weighted by molar-refractivity contribution is 5.01. The molecule has 0 rings (SSSR count). The van der Waals surface area contributed by atoms with Crippen molar-refractivity contribution in [3.05, 3.63) is 0 Å². The highest BCUT2D eigenvalue weighted by Crippen LogP contribution is 2.49. The second kappa shape index (κ2) is 3.79. The molecule has 0 heterocycles. The van der Waals surface area contributed by atoms with Gasteiger partial charge >= 0.3 is 17.8 Å². The minimum atomic E-state index is -6.08. The topological polar surface area (TPSA) is 0 Å². The molecular weight excluding hydrogens is 236 g/mol. The van der Waals surface area contributed by atoms with E-state index in [2.05, 4.69) is 0 Å². The smallest absolute Gasteiger partial charge is 0.241 e. The molecule has 0 aliphatic rings. The van der Waals surface area contributed by atoms with E-state index < -0.39 is 30.1 Å². The summed E-state index contributed by atoms with van der Waals surface area (Å²) in [6.45, 7) is -0.0141. The molecule has 0 saturated heterocycles. The van der Waals surface area contributed by atoms with Crippen molar-refractivity contribution in [3.8, 4) is 0 Å². The zero-order valence-corrected chi connectivity index (χ0v) is 7.68. The third-order valence-electron chi connectivity index (χ3n) is 1.84. The van der Waals surface area contributed by atoms with Crippen molar-refractivity contribution < 1.29 is 35.1 Å². The Balaban J connectivity index is 5.30. The Kier molecular flexibility index (Phi) is 3.64. The molecule has 15 heavy (non-hydrogen) atoms. The molecule has 0 aromatic rings. The molecule has 0 bridgehead atoms. The van der Waals surface area contributed by atoms with E-state index in [9.17, 15) is 35.1 Å². The van der Waals surface area contributed by atoms with Crippen molar-refractivity contribution in [2.24, 2.45) is 0 Å². The number of alkyl halides is 8. The summed E-state index contributed by atoms with van der Waals surface area (Å²) in [6, 6.07) is 0. The Bertz CT molecular complexity index is 197. The molecule has 0 aliphatic heterocycles. The van der Waals surface area contributed by atoms with Crippen molar-refractivity contribution in [2.45, 2.75) is 44.0 Å². The maximum atomic E-state index is 12.5. The van der Waals surface area contributed by atoms with Crippen molar-refractivity contribution in [1.29, 1.82) is 0 Å². The lowest BCUT2D eigenvalue weighted by atomic mass is 9.98. The molecule has 0 nitrogen and oxygen atoms in total. The largest absolute Gasteiger partial charge is 0.377 e. The van der Waals surface area contributed by atoms with Crippen LogP contribution in [0.4, 0.5) is 35.1 Å². The summed E-state index contributed by atoms with van der Waals surface area (Å²) in [6.07, 6.45) is -7.03. The zero-order valence-electron chi connectivity index (χ0n) is 7.68. The second-order valence-electron chi connectivity index (χ2n) is 3.05. The van der Waals surface area contributed by atoms with Crippen molar-refractivity contribution in [1.82, 2.24) is 0 Å². The van der Waals surface area contributed by atoms with Crippen molar-refractivity contribution in [2.75, 3.05) is 0 Å². The van der Waals surface area contributed by atoms with Crippen molar-refractivity contribution in [3.63, 3.8) is 0 Å². The summed E-state index contributed by atoms with van der Waals surface area (Å²) < 4.78 is 98.8. The second-order valence-corrected chi connectivity index (χ2v) is 3.05. The average Bonchev–Trinajstić information content (AvgIpc) is 2.02. The SMILES string of the molecule is CC(F)C(F)(F)C(F)(F)C(F)(F)C(C)F. The van der Waals surface area contributed by atoms with Gasteiger partial charge in [0.2, 0.25) is 0 Å². The number of hydrogen-bond donors (Lipinski definition) is 0. The van der Waals surface area contributed by atoms with Gasteiger partial charge in [0.1, 0.15) is 0 Å². The Hall–Kier alpha value is -0.560. The molecule has 0 radical (unpaired) electrons. The molecule has 0 saturated carbocycles. The minimum Gasteiger partial charge on any atom is -0.241 e. The van der Waals surface area contributed by atoms with Crippen LogP contribution >= 0.6 is 0 Å². The fraction of sp³-hybridized carbons (Fsp3) is 1.00. The highest BCUT2D eigenvalue weighted by atomic mass is 19.4. The van der Waals surface area contributed by atoms with Crippen LogP contribution in [-0.2, 0) is 0 Å². The summed E-state index contributed by atoms with van der Waals surface area (Å²) in [5.74, 6) is -17.3. The Labute approximate surface area is 80.3 Å². The molecule has 0 amide bonds. The maximum Gasteiger partial charge on any atom is 0.377 e. The molecule has 0 N–H and O–H groups in total. The van der Waals surface area contributed by atoms with Crippen LogP contribution in [0.25, 0.3) is 0 Å². The van der Waals surface area contributed by atoms with E-state index in [0.717, 1.165) is 0 Å². The van der Waals surface area contributed by atoms with E-state index in [-0.39, 0.29) is 13.8 Å². The summed E-state index contributed by atoms with van der Waals surface area (Å²) >= 11 is 0. The van der Waals surface area contributed by atoms with Gasteiger partial charge in [-0.05, 0) is 13.8 Å². The molecular formula is C7H8F8. The first-order valence-corrected chi connectivity index (χ1v) is 3.80. The van der Waals surface area contributed by atoms with Gasteiger partial charge in [-0.1, -0.05) is 0 Å². The molecule has 0 spiro atoms. The van der Waals surface area contributed by atoms with E-state index >= 15 is 0 Å². The monoisotopic (exact) mass is 244 g/mol. The normalized spacial score (nSPS) is 18.8. The summed E-state index contributed by atoms with van der Waals surface area (Å²) in [4.78, 5) is 0. The molecule has 0 aromatic carbocycles. The van der Waals surface area contributed by atoms with E-state index in [1.165, 1.54) is 0 Å². The molecule has 0 aromatic heterocycles. The van der Waals surface area contributed by atoms with Gasteiger partial charge in [0.05, 0.1) is 0 Å². The maximum absolute atomic E-state index is 12.5. The van der Waals surface area contributed by atoms with Crippen LogP contribution in [-0.4, -0.2) is 30.1 Å². The van der Waals surface area contributed by atoms with Crippen LogP contribution in [0.5, 0.6) is 0 Å². The average molecular weight is 244 g/mol. The first-order valence-electron chi connectivity index (χ1n) is 3.80. The number of rotatable bonds is 4. The van der Waals surface area contributed by atoms with Gasteiger partial charge in [-0.15, -0.1) is 0 Å². The summed E-state index contributed by atoms with van der Waals surface area (Å²) in [5, 5.41) is 0. The van der Waals surface area contributed by atoms with Crippen LogP contribution in [0.1, 0.15) is 13.8 Å². The van der Waals surface area contributed by atoms with E-state index in [1.807, 2.05) is 0 Å². The van der Waals surface area contributed by atoms with Gasteiger partial charge in [-0.3, -0.25) is 0 Å². The molecule has 0 fully saturated rings. The van der Waals surface area contributed by atoms with Crippen molar-refractivity contribution >= 4 is 0 Å². The lowest BCUT2D eigenvalue weighted by molar-refractivity contribution is -0.335. The molecule has 2 atom stereocenters. The Morgan fingerprint density at radius 1 is 0.667 bits per heavy atom. The van der Waals surface area contributed by atoms with Gasteiger partial charge in [-0.2, -0.15) is 26.3 Å². The summed E-state index contributed by atoms with van der Waals surface area (Å²) in [5.41, 5.74) is 0. The fourth-order valence-electron chi connectivity index (χ4n) is 0.722. The molecule has 0 aliphatic carbocycles. The van der Waals surface area contributed by atoms with Gasteiger partial charge in [0.15, 0.2) is 12.3 Å². The fourth-order valence-corrected chi connectivity index (χ4v) is 0.722. The minimum absolute atomic E-state index is 0.00706. The van der Waals surface area contributed by atoms with Crippen LogP contribution in [0, 0.1) is 0 Å². The third kappa shape index (κ3) is 2.03. The van der Waals surface area contributed by atoms with Gasteiger partial charge in [0, 0.05) is 0 Å². The predicted octanol–water partition coefficient (Wildman–Crippen LogP) is 3.61. The lowest BCUT2D eigenvalue weighted by Gasteiger charge is -2.34. The highest BCUT2D eigenvalue weighted by Gasteiger charge is 2.75. The Morgan fingerprint density at radius 2 is 0.867 bits per heavy atom.